The van der Waals surface area contributed by atoms with Gasteiger partial charge >= 0.3 is 0 Å². The maximum atomic E-state index is 11.9. The van der Waals surface area contributed by atoms with E-state index in [1.54, 1.807) is 31.3 Å². The molecule has 0 fully saturated rings. The number of rotatable bonds is 4. The number of nitrogens with zero attached hydrogens (tertiary/aromatic N) is 5. The molecule has 0 aromatic heterocycles. The van der Waals surface area contributed by atoms with Gasteiger partial charge in [-0.1, -0.05) is 0 Å². The molecule has 0 spiro atoms. The first-order valence-electron chi connectivity index (χ1n) is 13.4. The fourth-order valence-corrected chi connectivity index (χ4v) is 6.78. The third kappa shape index (κ3) is 6.74. The fraction of sp³-hybridized carbons (Fsp3) is 0.407. The average molecular weight is 633 g/mol. The molecule has 4 heterocycles. The molecular formula is C27H32N6O8S2. The quantitative estimate of drug-likeness (QED) is 0.511. The maximum absolute atomic E-state index is 11.9. The van der Waals surface area contributed by atoms with Crippen LogP contribution in [0, 0.1) is 0 Å². The van der Waals surface area contributed by atoms with Crippen LogP contribution in [-0.2, 0) is 29.6 Å². The summed E-state index contributed by atoms with van der Waals surface area (Å²) >= 11 is 0. The van der Waals surface area contributed by atoms with E-state index >= 15 is 0 Å². The Kier molecular flexibility index (Phi) is 8.34. The van der Waals surface area contributed by atoms with Gasteiger partial charge in [-0.25, -0.2) is 21.8 Å². The lowest BCUT2D eigenvalue weighted by molar-refractivity contribution is -0.130. The van der Waals surface area contributed by atoms with Gasteiger partial charge in [0.15, 0.2) is 0 Å². The molecule has 16 heteroatoms. The highest BCUT2D eigenvalue weighted by atomic mass is 32.2. The predicted octanol–water partition coefficient (Wildman–Crippen LogP) is 0.565. The molecule has 0 aliphatic carbocycles. The minimum absolute atomic E-state index is 0.0252. The summed E-state index contributed by atoms with van der Waals surface area (Å²) in [6.45, 7) is 1.68. The van der Waals surface area contributed by atoms with Crippen molar-refractivity contribution in [1.82, 2.24) is 10.3 Å². The lowest BCUT2D eigenvalue weighted by Gasteiger charge is -2.30. The number of anilines is 2. The number of aliphatic imine (C=N–C) groups is 1. The van der Waals surface area contributed by atoms with Crippen molar-refractivity contribution in [3.8, 4) is 11.5 Å². The summed E-state index contributed by atoms with van der Waals surface area (Å²) in [4.78, 5) is 26.8. The molecule has 2 aromatic rings. The molecule has 0 saturated heterocycles. The number of hydrogen-bond donors (Lipinski definition) is 1. The first kappa shape index (κ1) is 30.3. The Labute approximate surface area is 250 Å². The Morgan fingerprint density at radius 1 is 0.791 bits per heavy atom. The molecule has 230 valence electrons. The van der Waals surface area contributed by atoms with Gasteiger partial charge in [0.05, 0.1) is 54.9 Å². The van der Waals surface area contributed by atoms with E-state index in [9.17, 15) is 26.4 Å². The van der Waals surface area contributed by atoms with Crippen LogP contribution in [0.1, 0.15) is 24.0 Å². The van der Waals surface area contributed by atoms with Gasteiger partial charge in [0, 0.05) is 25.5 Å². The molecule has 43 heavy (non-hydrogen) atoms. The second kappa shape index (κ2) is 11.8. The second-order valence-electron chi connectivity index (χ2n) is 10.2. The van der Waals surface area contributed by atoms with Crippen LogP contribution < -0.4 is 23.4 Å². The highest BCUT2D eigenvalue weighted by molar-refractivity contribution is 7.92. The summed E-state index contributed by atoms with van der Waals surface area (Å²) in [7, 11) is -5.09. The van der Waals surface area contributed by atoms with Crippen molar-refractivity contribution in [2.24, 2.45) is 10.1 Å². The zero-order chi connectivity index (χ0) is 30.9. The van der Waals surface area contributed by atoms with Crippen LogP contribution in [0.2, 0.25) is 0 Å². The summed E-state index contributed by atoms with van der Waals surface area (Å²) < 4.78 is 61.2. The Morgan fingerprint density at radius 3 is 1.79 bits per heavy atom. The Bertz CT molecular complexity index is 1740. The van der Waals surface area contributed by atoms with Crippen LogP contribution in [0.15, 0.2) is 46.5 Å². The molecule has 0 radical (unpaired) electrons. The van der Waals surface area contributed by atoms with Crippen molar-refractivity contribution in [2.45, 2.75) is 12.8 Å². The molecule has 2 amide bonds. The molecular weight excluding hydrogens is 600 g/mol. The SMILES string of the molecule is CN1N=C(c2ccc3c(c2)N(S(C)(=O)=O)CCO3)CCC1=O.CS(=O)(=O)N1CCOc2ccc(C3=NCC(=O)NC3)cc21. The third-order valence-electron chi connectivity index (χ3n) is 7.10. The monoisotopic (exact) mass is 632 g/mol. The summed E-state index contributed by atoms with van der Waals surface area (Å²) in [5.74, 6) is 0.942. The Balaban J connectivity index is 0.000000171. The normalized spacial score (nSPS) is 18.5. The molecule has 0 unspecified atom stereocenters. The van der Waals surface area contributed by atoms with Gasteiger partial charge in [0.25, 0.3) is 0 Å². The van der Waals surface area contributed by atoms with Crippen molar-refractivity contribution in [3.05, 3.63) is 47.5 Å². The van der Waals surface area contributed by atoms with Crippen LogP contribution in [0.25, 0.3) is 0 Å². The molecule has 0 saturated carbocycles. The molecule has 4 aliphatic heterocycles. The standard InChI is InChI=1S/C14H17N3O4S.C13H15N3O4S/c1-16-14(18)6-4-11(15-16)10-3-5-13-12(9-10)17(7-8-21-13)22(2,19)20;1-21(18,19)16-4-5-20-12-3-2-9(6-11(12)16)10-7-15-13(17)8-14-10/h3,5,9H,4,6-8H2,1-2H3;2-3,6H,4-5,7-8H2,1H3,(H,15,17). The zero-order valence-electron chi connectivity index (χ0n) is 23.9. The largest absolute Gasteiger partial charge is 0.489 e. The van der Waals surface area contributed by atoms with E-state index in [-0.39, 0.29) is 18.4 Å². The number of ether oxygens (including phenoxy) is 2. The number of carbonyl (C=O) groups is 2. The van der Waals surface area contributed by atoms with Gasteiger partial charge in [-0.2, -0.15) is 5.10 Å². The first-order valence-corrected chi connectivity index (χ1v) is 17.1. The summed E-state index contributed by atoms with van der Waals surface area (Å²) in [6.07, 6.45) is 3.30. The molecule has 14 nitrogen and oxygen atoms in total. The molecule has 6 rings (SSSR count). The number of carbonyl (C=O) groups excluding carboxylic acids is 2. The van der Waals surface area contributed by atoms with Crippen molar-refractivity contribution in [3.63, 3.8) is 0 Å². The van der Waals surface area contributed by atoms with E-state index in [0.29, 0.717) is 68.6 Å². The van der Waals surface area contributed by atoms with Gasteiger partial charge in [-0.05, 0) is 42.0 Å². The van der Waals surface area contributed by atoms with E-state index in [1.807, 2.05) is 12.1 Å². The minimum atomic E-state index is -3.36. The summed E-state index contributed by atoms with van der Waals surface area (Å²) in [5, 5.41) is 8.30. The van der Waals surface area contributed by atoms with Gasteiger partial charge in [0.2, 0.25) is 31.9 Å². The Hall–Kier alpha value is -4.18. The maximum Gasteiger partial charge on any atom is 0.242 e. The third-order valence-corrected chi connectivity index (χ3v) is 9.46. The van der Waals surface area contributed by atoms with E-state index in [2.05, 4.69) is 15.4 Å². The van der Waals surface area contributed by atoms with Gasteiger partial charge in [0.1, 0.15) is 31.3 Å². The van der Waals surface area contributed by atoms with Crippen LogP contribution in [-0.4, -0.2) is 104 Å². The van der Waals surface area contributed by atoms with Crippen molar-refractivity contribution >= 4 is 54.7 Å². The number of nitrogens with one attached hydrogen (secondary N) is 1. The first-order chi connectivity index (χ1) is 20.3. The van der Waals surface area contributed by atoms with E-state index in [1.165, 1.54) is 26.1 Å². The molecule has 0 bridgehead atoms. The highest BCUT2D eigenvalue weighted by Crippen LogP contribution is 2.35. The topological polar surface area (TPSA) is 167 Å². The second-order valence-corrected chi connectivity index (χ2v) is 14.0. The van der Waals surface area contributed by atoms with Gasteiger partial charge in [-0.15, -0.1) is 0 Å². The average Bonchev–Trinajstić information content (AvgIpc) is 2.97. The van der Waals surface area contributed by atoms with E-state index in [4.69, 9.17) is 9.47 Å². The smallest absolute Gasteiger partial charge is 0.242 e. The van der Waals surface area contributed by atoms with Crippen LogP contribution >= 0.6 is 0 Å². The lowest BCUT2D eigenvalue weighted by Crippen LogP contribution is -2.38. The number of fused-ring (bicyclic) bond motifs is 2. The molecule has 0 atom stereocenters. The minimum Gasteiger partial charge on any atom is -0.489 e. The number of sulfonamides is 2. The van der Waals surface area contributed by atoms with Crippen LogP contribution in [0.4, 0.5) is 11.4 Å². The molecule has 2 aromatic carbocycles. The Morgan fingerprint density at radius 2 is 1.33 bits per heavy atom. The summed E-state index contributed by atoms with van der Waals surface area (Å²) in [6, 6.07) is 10.7. The predicted molar refractivity (Wildman–Crippen MR) is 161 cm³/mol. The van der Waals surface area contributed by atoms with E-state index < -0.39 is 20.0 Å². The molecule has 4 aliphatic rings. The highest BCUT2D eigenvalue weighted by Gasteiger charge is 2.28. The van der Waals surface area contributed by atoms with Crippen molar-refractivity contribution in [2.75, 3.05) is 67.6 Å². The van der Waals surface area contributed by atoms with Crippen molar-refractivity contribution < 1.29 is 35.9 Å². The summed E-state index contributed by atoms with van der Waals surface area (Å²) in [5.41, 5.74) is 4.12. The van der Waals surface area contributed by atoms with Crippen LogP contribution in [0.5, 0.6) is 11.5 Å². The van der Waals surface area contributed by atoms with Crippen molar-refractivity contribution in [1.29, 1.82) is 0 Å². The van der Waals surface area contributed by atoms with Gasteiger partial charge in [-0.3, -0.25) is 23.2 Å². The van der Waals surface area contributed by atoms with Gasteiger partial charge < -0.3 is 14.8 Å². The van der Waals surface area contributed by atoms with Crippen LogP contribution in [0.3, 0.4) is 0 Å². The number of benzene rings is 2. The number of hydrazone groups is 1. The lowest BCUT2D eigenvalue weighted by atomic mass is 10.0. The fourth-order valence-electron chi connectivity index (χ4n) is 4.97. The number of hydrogen-bond acceptors (Lipinski definition) is 10. The molecule has 1 N–H and O–H groups in total. The number of amides is 2. The van der Waals surface area contributed by atoms with E-state index in [0.717, 1.165) is 22.6 Å². The zero-order valence-corrected chi connectivity index (χ0v) is 25.6.